The predicted molar refractivity (Wildman–Crippen MR) is 106 cm³/mol. The van der Waals surface area contributed by atoms with E-state index in [1.807, 2.05) is 52.0 Å². The summed E-state index contributed by atoms with van der Waals surface area (Å²) in [5.74, 6) is 0. The number of ether oxygens (including phenoxy) is 1. The normalized spacial score (nSPS) is 11.4. The number of urea groups is 1. The molecule has 0 atom stereocenters. The number of H-pyrrole nitrogens is 1. The monoisotopic (exact) mass is 386 g/mol. The van der Waals surface area contributed by atoms with E-state index in [1.54, 1.807) is 6.20 Å². The van der Waals surface area contributed by atoms with Crippen LogP contribution in [0.1, 0.15) is 32.0 Å². The van der Waals surface area contributed by atoms with E-state index in [9.17, 15) is 4.79 Å². The van der Waals surface area contributed by atoms with Gasteiger partial charge < -0.3 is 10.1 Å². The molecule has 2 heterocycles. The molecule has 0 bridgehead atoms. The highest BCUT2D eigenvalue weighted by atomic mass is 32.1. The molecule has 1 aromatic carbocycles. The van der Waals surface area contributed by atoms with Crippen molar-refractivity contribution >= 4 is 28.2 Å². The summed E-state index contributed by atoms with van der Waals surface area (Å²) in [6.07, 6.45) is 1.69. The molecule has 0 saturated carbocycles. The molecule has 0 fully saturated rings. The third-order valence-corrected chi connectivity index (χ3v) is 4.46. The molecule has 2 amide bonds. The van der Waals surface area contributed by atoms with E-state index in [-0.39, 0.29) is 11.6 Å². The zero-order valence-electron chi connectivity index (χ0n) is 15.7. The smallest absolute Gasteiger partial charge is 0.325 e. The lowest BCUT2D eigenvalue weighted by molar-refractivity contribution is -0.0149. The Morgan fingerprint density at radius 1 is 1.19 bits per heavy atom. The number of rotatable bonds is 5. The summed E-state index contributed by atoms with van der Waals surface area (Å²) in [6.45, 7) is 8.47. The first-order valence-electron chi connectivity index (χ1n) is 8.45. The van der Waals surface area contributed by atoms with Gasteiger partial charge in [0.05, 0.1) is 24.0 Å². The Labute approximate surface area is 161 Å². The molecule has 3 aromatic rings. The summed E-state index contributed by atoms with van der Waals surface area (Å²) in [5, 5.41) is 21.5. The van der Waals surface area contributed by atoms with Crippen molar-refractivity contribution in [3.8, 4) is 10.6 Å². The number of anilines is 2. The number of amides is 2. The minimum absolute atomic E-state index is 0.188. The van der Waals surface area contributed by atoms with E-state index in [4.69, 9.17) is 4.74 Å². The second-order valence-corrected chi connectivity index (χ2v) is 7.98. The van der Waals surface area contributed by atoms with Crippen molar-refractivity contribution in [2.45, 2.75) is 39.9 Å². The highest BCUT2D eigenvalue weighted by molar-refractivity contribution is 7.18. The Morgan fingerprint density at radius 3 is 2.56 bits per heavy atom. The first kappa shape index (κ1) is 19.0. The molecule has 8 nitrogen and oxygen atoms in total. The maximum Gasteiger partial charge on any atom is 0.325 e. The van der Waals surface area contributed by atoms with Gasteiger partial charge in [0, 0.05) is 11.4 Å². The molecule has 0 aliphatic rings. The van der Waals surface area contributed by atoms with Gasteiger partial charge in [0.25, 0.3) is 0 Å². The van der Waals surface area contributed by atoms with Crippen molar-refractivity contribution in [2.75, 3.05) is 10.6 Å². The van der Waals surface area contributed by atoms with Gasteiger partial charge in [-0.25, -0.2) is 4.79 Å². The highest BCUT2D eigenvalue weighted by Gasteiger charge is 2.13. The predicted octanol–water partition coefficient (Wildman–Crippen LogP) is 4.20. The maximum atomic E-state index is 12.2. The maximum absolute atomic E-state index is 12.2. The van der Waals surface area contributed by atoms with Crippen LogP contribution < -0.4 is 10.6 Å². The zero-order chi connectivity index (χ0) is 19.4. The topological polar surface area (TPSA) is 105 Å². The summed E-state index contributed by atoms with van der Waals surface area (Å²) in [4.78, 5) is 12.2. The lowest BCUT2D eigenvalue weighted by atomic mass is 10.1. The van der Waals surface area contributed by atoms with Crippen molar-refractivity contribution in [3.63, 3.8) is 0 Å². The standard InChI is InChI=1S/C18H22N6O2S/c1-11-14(9-19-22-11)15-23-24-17(27-15)21-16(25)20-13-7-5-12(6-8-13)10-26-18(2,3)4/h5-9H,10H2,1-4H3,(H,19,22)(H2,20,21,24,25). The average Bonchev–Trinajstić information content (AvgIpc) is 3.22. The summed E-state index contributed by atoms with van der Waals surface area (Å²) in [5.41, 5.74) is 3.31. The molecule has 0 aliphatic carbocycles. The third-order valence-electron chi connectivity index (χ3n) is 3.59. The summed E-state index contributed by atoms with van der Waals surface area (Å²) in [6, 6.07) is 7.14. The lowest BCUT2D eigenvalue weighted by Crippen LogP contribution is -2.19. The molecule has 3 N–H and O–H groups in total. The van der Waals surface area contributed by atoms with Gasteiger partial charge in [0.2, 0.25) is 5.13 Å². The average molecular weight is 386 g/mol. The molecular formula is C18H22N6O2S. The Morgan fingerprint density at radius 2 is 1.93 bits per heavy atom. The summed E-state index contributed by atoms with van der Waals surface area (Å²) in [7, 11) is 0. The number of aryl methyl sites for hydroxylation is 1. The van der Waals surface area contributed by atoms with E-state index < -0.39 is 0 Å². The number of aromatic nitrogens is 4. The van der Waals surface area contributed by atoms with Gasteiger partial charge in [0.1, 0.15) is 0 Å². The minimum atomic E-state index is -0.375. The molecule has 0 saturated heterocycles. The Bertz CT molecular complexity index is 911. The molecule has 0 aliphatic heterocycles. The van der Waals surface area contributed by atoms with Crippen LogP contribution in [-0.2, 0) is 11.3 Å². The van der Waals surface area contributed by atoms with Crippen LogP contribution >= 0.6 is 11.3 Å². The van der Waals surface area contributed by atoms with Crippen LogP contribution in [-0.4, -0.2) is 32.0 Å². The number of nitrogens with one attached hydrogen (secondary N) is 3. The fourth-order valence-electron chi connectivity index (χ4n) is 2.19. The molecule has 3 rings (SSSR count). The first-order valence-corrected chi connectivity index (χ1v) is 9.26. The summed E-state index contributed by atoms with van der Waals surface area (Å²) >= 11 is 1.28. The number of hydrogen-bond acceptors (Lipinski definition) is 6. The lowest BCUT2D eigenvalue weighted by Gasteiger charge is -2.19. The number of benzene rings is 1. The SMILES string of the molecule is Cc1[nH]ncc1-c1nnc(NC(=O)Nc2ccc(COC(C)(C)C)cc2)s1. The highest BCUT2D eigenvalue weighted by Crippen LogP contribution is 2.27. The zero-order valence-corrected chi connectivity index (χ0v) is 16.5. The van der Waals surface area contributed by atoms with Gasteiger partial charge in [-0.2, -0.15) is 5.10 Å². The molecule has 0 spiro atoms. The van der Waals surface area contributed by atoms with Crippen molar-refractivity contribution in [1.82, 2.24) is 20.4 Å². The van der Waals surface area contributed by atoms with E-state index >= 15 is 0 Å². The van der Waals surface area contributed by atoms with Crippen LogP contribution in [0, 0.1) is 6.92 Å². The van der Waals surface area contributed by atoms with Crippen molar-refractivity contribution < 1.29 is 9.53 Å². The van der Waals surface area contributed by atoms with Crippen LogP contribution in [0.15, 0.2) is 30.5 Å². The van der Waals surface area contributed by atoms with Crippen LogP contribution in [0.5, 0.6) is 0 Å². The number of aromatic amines is 1. The summed E-state index contributed by atoms with van der Waals surface area (Å²) < 4.78 is 5.74. The van der Waals surface area contributed by atoms with Crippen molar-refractivity contribution in [1.29, 1.82) is 0 Å². The van der Waals surface area contributed by atoms with Crippen molar-refractivity contribution in [3.05, 3.63) is 41.7 Å². The molecule has 0 unspecified atom stereocenters. The van der Waals surface area contributed by atoms with Crippen molar-refractivity contribution in [2.24, 2.45) is 0 Å². The van der Waals surface area contributed by atoms with Crippen LogP contribution in [0.2, 0.25) is 0 Å². The molecule has 142 valence electrons. The Balaban J connectivity index is 1.55. The number of nitrogens with zero attached hydrogens (tertiary/aromatic N) is 3. The van der Waals surface area contributed by atoms with Crippen LogP contribution in [0.3, 0.4) is 0 Å². The van der Waals surface area contributed by atoms with E-state index in [0.717, 1.165) is 16.8 Å². The fraction of sp³-hybridized carbons (Fsp3) is 0.333. The van der Waals surface area contributed by atoms with E-state index in [2.05, 4.69) is 31.0 Å². The minimum Gasteiger partial charge on any atom is -0.371 e. The van der Waals surface area contributed by atoms with Crippen LogP contribution in [0.4, 0.5) is 15.6 Å². The second kappa shape index (κ2) is 7.85. The van der Waals surface area contributed by atoms with Gasteiger partial charge in [-0.3, -0.25) is 10.4 Å². The van der Waals surface area contributed by atoms with E-state index in [1.165, 1.54) is 11.3 Å². The first-order chi connectivity index (χ1) is 12.8. The van der Waals surface area contributed by atoms with Gasteiger partial charge in [-0.05, 0) is 45.4 Å². The Hall–Kier alpha value is -2.78. The van der Waals surface area contributed by atoms with Gasteiger partial charge in [0.15, 0.2) is 5.01 Å². The number of hydrogen-bond donors (Lipinski definition) is 3. The Kier molecular flexibility index (Phi) is 5.52. The van der Waals surface area contributed by atoms with Gasteiger partial charge in [-0.15, -0.1) is 10.2 Å². The number of carbonyl (C=O) groups is 1. The fourth-order valence-corrected chi connectivity index (χ4v) is 3.00. The second-order valence-electron chi connectivity index (χ2n) is 7.00. The third kappa shape index (κ3) is 5.35. The molecule has 0 radical (unpaired) electrons. The van der Waals surface area contributed by atoms with Gasteiger partial charge in [-0.1, -0.05) is 23.5 Å². The largest absolute Gasteiger partial charge is 0.371 e. The molecule has 2 aromatic heterocycles. The molecule has 27 heavy (non-hydrogen) atoms. The van der Waals surface area contributed by atoms with Gasteiger partial charge >= 0.3 is 6.03 Å². The molecular weight excluding hydrogens is 364 g/mol. The number of carbonyl (C=O) groups excluding carboxylic acids is 1. The van der Waals surface area contributed by atoms with E-state index in [0.29, 0.717) is 22.4 Å². The van der Waals surface area contributed by atoms with Crippen LogP contribution in [0.25, 0.3) is 10.6 Å². The quantitative estimate of drug-likeness (QED) is 0.610. The molecule has 9 heteroatoms.